The van der Waals surface area contributed by atoms with E-state index >= 15 is 0 Å². The van der Waals surface area contributed by atoms with Crippen LogP contribution in [-0.2, 0) is 0 Å². The van der Waals surface area contributed by atoms with Crippen LogP contribution < -0.4 is 4.74 Å². The molecule has 0 atom stereocenters. The van der Waals surface area contributed by atoms with Gasteiger partial charge in [-0.2, -0.15) is 0 Å². The number of ether oxygens (including phenoxy) is 1. The highest BCUT2D eigenvalue weighted by atomic mass is 16.5. The maximum absolute atomic E-state index is 5.61. The van der Waals surface area contributed by atoms with Crippen molar-refractivity contribution in [2.45, 2.75) is 6.92 Å². The van der Waals surface area contributed by atoms with E-state index in [4.69, 9.17) is 4.74 Å². The molecular formula is C11H17NO. The summed E-state index contributed by atoms with van der Waals surface area (Å²) in [4.78, 5) is 2.11. The number of aryl methyl sites for hydroxylation is 1. The van der Waals surface area contributed by atoms with Gasteiger partial charge in [0.15, 0.2) is 0 Å². The van der Waals surface area contributed by atoms with Gasteiger partial charge in [-0.25, -0.2) is 0 Å². The van der Waals surface area contributed by atoms with Crippen LogP contribution in [0.5, 0.6) is 5.75 Å². The number of hydrogen-bond donors (Lipinski definition) is 0. The number of benzene rings is 1. The van der Waals surface area contributed by atoms with Crippen molar-refractivity contribution in [3.63, 3.8) is 0 Å². The highest BCUT2D eigenvalue weighted by Gasteiger charge is 1.97. The van der Waals surface area contributed by atoms with Gasteiger partial charge in [-0.3, -0.25) is 0 Å². The lowest BCUT2D eigenvalue weighted by Crippen LogP contribution is -2.19. The molecule has 0 amide bonds. The molecule has 0 aromatic heterocycles. The van der Waals surface area contributed by atoms with Crippen LogP contribution in [0.2, 0.25) is 0 Å². The first kappa shape index (κ1) is 10.1. The normalized spacial score (nSPS) is 10.5. The fraction of sp³-hybridized carbons (Fsp3) is 0.455. The van der Waals surface area contributed by atoms with E-state index in [-0.39, 0.29) is 0 Å². The Bertz CT molecular complexity index is 258. The van der Waals surface area contributed by atoms with E-state index in [0.717, 1.165) is 18.9 Å². The Balaban J connectivity index is 2.41. The topological polar surface area (TPSA) is 12.5 Å². The van der Waals surface area contributed by atoms with E-state index in [0.29, 0.717) is 0 Å². The van der Waals surface area contributed by atoms with Crippen LogP contribution in [0.15, 0.2) is 24.3 Å². The Hall–Kier alpha value is -1.02. The van der Waals surface area contributed by atoms with Crippen LogP contribution in [0, 0.1) is 6.92 Å². The molecular weight excluding hydrogens is 162 g/mol. The molecule has 2 heteroatoms. The number of likely N-dealkylation sites (N-methyl/N-ethyl adjacent to an activating group) is 1. The molecule has 0 heterocycles. The summed E-state index contributed by atoms with van der Waals surface area (Å²) in [5.74, 6) is 0.990. The van der Waals surface area contributed by atoms with Crippen LogP contribution in [0.3, 0.4) is 0 Å². The van der Waals surface area contributed by atoms with Gasteiger partial charge in [-0.1, -0.05) is 18.2 Å². The Morgan fingerprint density at radius 3 is 2.54 bits per heavy atom. The zero-order valence-corrected chi connectivity index (χ0v) is 8.58. The molecule has 0 N–H and O–H groups in total. The molecule has 0 spiro atoms. The van der Waals surface area contributed by atoms with Crippen LogP contribution in [0.4, 0.5) is 0 Å². The summed E-state index contributed by atoms with van der Waals surface area (Å²) in [5.41, 5.74) is 1.20. The first-order chi connectivity index (χ1) is 6.20. The summed E-state index contributed by atoms with van der Waals surface area (Å²) in [6, 6.07) is 8.09. The fourth-order valence-corrected chi connectivity index (χ4v) is 1.06. The van der Waals surface area contributed by atoms with Crippen molar-refractivity contribution in [1.29, 1.82) is 0 Å². The maximum atomic E-state index is 5.61. The lowest BCUT2D eigenvalue weighted by atomic mass is 10.2. The summed E-state index contributed by atoms with van der Waals surface area (Å²) in [6.45, 7) is 3.76. The minimum atomic E-state index is 0.748. The third-order valence-electron chi connectivity index (χ3n) is 1.89. The molecule has 13 heavy (non-hydrogen) atoms. The molecule has 0 aliphatic heterocycles. The maximum Gasteiger partial charge on any atom is 0.122 e. The standard InChI is InChI=1S/C11H17NO/c1-10-6-4-5-7-11(10)13-9-8-12(2)3/h4-7H,8-9H2,1-3H3. The molecule has 0 radical (unpaired) electrons. The largest absolute Gasteiger partial charge is 0.492 e. The molecule has 0 aliphatic rings. The summed E-state index contributed by atoms with van der Waals surface area (Å²) in [5, 5.41) is 0. The average molecular weight is 179 g/mol. The Kier molecular flexibility index (Phi) is 3.77. The van der Waals surface area contributed by atoms with Crippen molar-refractivity contribution < 1.29 is 4.74 Å². The molecule has 0 saturated carbocycles. The van der Waals surface area contributed by atoms with Crippen molar-refractivity contribution in [2.24, 2.45) is 0 Å². The summed E-state index contributed by atoms with van der Waals surface area (Å²) < 4.78 is 5.61. The monoisotopic (exact) mass is 179 g/mol. The summed E-state index contributed by atoms with van der Waals surface area (Å²) in [6.07, 6.45) is 0. The van der Waals surface area contributed by atoms with E-state index in [2.05, 4.69) is 17.9 Å². The molecule has 72 valence electrons. The van der Waals surface area contributed by atoms with Gasteiger partial charge in [0, 0.05) is 6.54 Å². The summed E-state index contributed by atoms with van der Waals surface area (Å²) in [7, 11) is 4.09. The zero-order valence-electron chi connectivity index (χ0n) is 8.58. The quantitative estimate of drug-likeness (QED) is 0.700. The molecule has 2 nitrogen and oxygen atoms in total. The van der Waals surface area contributed by atoms with Crippen molar-refractivity contribution in [2.75, 3.05) is 27.2 Å². The van der Waals surface area contributed by atoms with Gasteiger partial charge in [0.25, 0.3) is 0 Å². The molecule has 0 saturated heterocycles. The SMILES string of the molecule is Cc1ccccc1OCCN(C)C. The van der Waals surface area contributed by atoms with Gasteiger partial charge in [0.05, 0.1) is 0 Å². The van der Waals surface area contributed by atoms with Crippen LogP contribution in [-0.4, -0.2) is 32.1 Å². The second kappa shape index (κ2) is 4.87. The van der Waals surface area contributed by atoms with Crippen molar-refractivity contribution in [3.05, 3.63) is 29.8 Å². The third-order valence-corrected chi connectivity index (χ3v) is 1.89. The fourth-order valence-electron chi connectivity index (χ4n) is 1.06. The van der Waals surface area contributed by atoms with Gasteiger partial charge in [-0.15, -0.1) is 0 Å². The summed E-state index contributed by atoms with van der Waals surface area (Å²) >= 11 is 0. The second-order valence-corrected chi connectivity index (χ2v) is 3.42. The average Bonchev–Trinajstić information content (AvgIpc) is 2.08. The molecule has 0 bridgehead atoms. The third kappa shape index (κ3) is 3.47. The van der Waals surface area contributed by atoms with E-state index in [1.165, 1.54) is 5.56 Å². The first-order valence-electron chi connectivity index (χ1n) is 4.53. The van der Waals surface area contributed by atoms with Gasteiger partial charge in [0.1, 0.15) is 12.4 Å². The minimum Gasteiger partial charge on any atom is -0.492 e. The Labute approximate surface area is 80.1 Å². The molecule has 0 fully saturated rings. The van der Waals surface area contributed by atoms with Crippen molar-refractivity contribution in [1.82, 2.24) is 4.90 Å². The zero-order chi connectivity index (χ0) is 9.68. The van der Waals surface area contributed by atoms with Gasteiger partial charge < -0.3 is 9.64 Å². The number of rotatable bonds is 4. The predicted molar refractivity (Wildman–Crippen MR) is 55.2 cm³/mol. The molecule has 1 rings (SSSR count). The molecule has 0 unspecified atom stereocenters. The van der Waals surface area contributed by atoms with Gasteiger partial charge in [0.2, 0.25) is 0 Å². The first-order valence-corrected chi connectivity index (χ1v) is 4.53. The highest BCUT2D eigenvalue weighted by Crippen LogP contribution is 2.15. The van der Waals surface area contributed by atoms with E-state index in [1.54, 1.807) is 0 Å². The molecule has 1 aromatic carbocycles. The predicted octanol–water partition coefficient (Wildman–Crippen LogP) is 1.94. The Morgan fingerprint density at radius 1 is 1.23 bits per heavy atom. The van der Waals surface area contributed by atoms with Crippen LogP contribution in [0.1, 0.15) is 5.56 Å². The number of hydrogen-bond acceptors (Lipinski definition) is 2. The minimum absolute atomic E-state index is 0.748. The Morgan fingerprint density at radius 2 is 1.92 bits per heavy atom. The van der Waals surface area contributed by atoms with Gasteiger partial charge in [-0.05, 0) is 32.6 Å². The van der Waals surface area contributed by atoms with E-state index in [9.17, 15) is 0 Å². The lowest BCUT2D eigenvalue weighted by Gasteiger charge is -2.12. The second-order valence-electron chi connectivity index (χ2n) is 3.42. The van der Waals surface area contributed by atoms with Crippen LogP contribution in [0.25, 0.3) is 0 Å². The van der Waals surface area contributed by atoms with Crippen molar-refractivity contribution >= 4 is 0 Å². The van der Waals surface area contributed by atoms with E-state index in [1.807, 2.05) is 32.3 Å². The lowest BCUT2D eigenvalue weighted by molar-refractivity contribution is 0.260. The van der Waals surface area contributed by atoms with Crippen LogP contribution >= 0.6 is 0 Å². The molecule has 0 aliphatic carbocycles. The van der Waals surface area contributed by atoms with E-state index < -0.39 is 0 Å². The van der Waals surface area contributed by atoms with Crippen molar-refractivity contribution in [3.8, 4) is 5.75 Å². The highest BCUT2D eigenvalue weighted by molar-refractivity contribution is 5.31. The number of nitrogens with zero attached hydrogens (tertiary/aromatic N) is 1. The smallest absolute Gasteiger partial charge is 0.122 e. The number of para-hydroxylation sites is 1. The molecule has 1 aromatic rings. The van der Waals surface area contributed by atoms with Gasteiger partial charge >= 0.3 is 0 Å².